The van der Waals surface area contributed by atoms with E-state index in [1.807, 2.05) is 6.92 Å². The first-order valence-electron chi connectivity index (χ1n) is 6.10. The summed E-state index contributed by atoms with van der Waals surface area (Å²) in [7, 11) is -4.16. The molecule has 0 bridgehead atoms. The number of rotatable bonds is 3. The van der Waals surface area contributed by atoms with Crippen molar-refractivity contribution in [3.8, 4) is 0 Å². The maximum atomic E-state index is 12.3. The third-order valence-corrected chi connectivity index (χ3v) is 4.58. The first kappa shape index (κ1) is 14.8. The summed E-state index contributed by atoms with van der Waals surface area (Å²) in [6.07, 6.45) is 0. The highest BCUT2D eigenvalue weighted by Gasteiger charge is 2.37. The number of sulfone groups is 1. The fraction of sp³-hybridized carbons (Fsp3) is 0.0667. The van der Waals surface area contributed by atoms with Crippen LogP contribution in [-0.4, -0.2) is 24.0 Å². The van der Waals surface area contributed by atoms with Crippen molar-refractivity contribution < 1.29 is 18.0 Å². The average Bonchev–Trinajstić information content (AvgIpc) is 2.49. The fourth-order valence-corrected chi connectivity index (χ4v) is 2.97. The lowest BCUT2D eigenvalue weighted by Crippen LogP contribution is -2.26. The van der Waals surface area contributed by atoms with Crippen molar-refractivity contribution in [2.45, 2.75) is 11.8 Å². The minimum Gasteiger partial charge on any atom is -0.360 e. The van der Waals surface area contributed by atoms with Crippen LogP contribution in [0.3, 0.4) is 0 Å². The molecule has 0 N–H and O–H groups in total. The third-order valence-electron chi connectivity index (χ3n) is 2.91. The molecule has 6 heteroatoms. The van der Waals surface area contributed by atoms with Crippen LogP contribution in [0.4, 0.5) is 0 Å². The number of nitrogens with zero attached hydrogens (tertiary/aromatic N) is 2. The van der Waals surface area contributed by atoms with Crippen molar-refractivity contribution in [1.82, 2.24) is 0 Å². The van der Waals surface area contributed by atoms with Gasteiger partial charge in [0.1, 0.15) is 0 Å². The Labute approximate surface area is 122 Å². The van der Waals surface area contributed by atoms with Crippen LogP contribution < -0.4 is 0 Å². The Morgan fingerprint density at radius 1 is 1.00 bits per heavy atom. The number of Topliss-reactive ketones (excluding diaryl/α,β-unsaturated/α-hetero) is 1. The van der Waals surface area contributed by atoms with E-state index in [1.54, 1.807) is 18.2 Å². The van der Waals surface area contributed by atoms with E-state index in [4.69, 9.17) is 5.53 Å². The zero-order chi connectivity index (χ0) is 15.5. The van der Waals surface area contributed by atoms with Gasteiger partial charge in [0.05, 0.1) is 4.90 Å². The molecular formula is C15H12N2O3S. The van der Waals surface area contributed by atoms with Gasteiger partial charge in [0.15, 0.2) is 0 Å². The van der Waals surface area contributed by atoms with E-state index in [2.05, 4.69) is 4.79 Å². The van der Waals surface area contributed by atoms with Crippen LogP contribution in [0.15, 0.2) is 59.5 Å². The van der Waals surface area contributed by atoms with Crippen molar-refractivity contribution in [1.29, 1.82) is 0 Å². The SMILES string of the molecule is Cc1ccc(C(=O)C(=[N+]=[N-])S(=O)(=O)c2ccccc2)cc1. The lowest BCUT2D eigenvalue weighted by Gasteiger charge is -2.00. The van der Waals surface area contributed by atoms with Crippen molar-refractivity contribution in [2.75, 3.05) is 0 Å². The van der Waals surface area contributed by atoms with Crippen LogP contribution in [-0.2, 0) is 9.84 Å². The van der Waals surface area contributed by atoms with Gasteiger partial charge in [0.25, 0.3) is 15.6 Å². The second kappa shape index (κ2) is 5.83. The van der Waals surface area contributed by atoms with Gasteiger partial charge in [-0.25, -0.2) is 8.42 Å². The maximum Gasteiger partial charge on any atom is 0.456 e. The van der Waals surface area contributed by atoms with Crippen molar-refractivity contribution in [2.24, 2.45) is 0 Å². The molecular weight excluding hydrogens is 288 g/mol. The zero-order valence-electron chi connectivity index (χ0n) is 11.2. The van der Waals surface area contributed by atoms with Crippen molar-refractivity contribution >= 4 is 20.7 Å². The molecule has 0 aromatic heterocycles. The van der Waals surface area contributed by atoms with Crippen LogP contribution in [0, 0.1) is 6.92 Å². The topological polar surface area (TPSA) is 87.6 Å². The maximum absolute atomic E-state index is 12.3. The minimum absolute atomic E-state index is 0.0988. The van der Waals surface area contributed by atoms with Gasteiger partial charge in [-0.2, -0.15) is 0 Å². The largest absolute Gasteiger partial charge is 0.456 e. The first-order valence-corrected chi connectivity index (χ1v) is 7.58. The van der Waals surface area contributed by atoms with Gasteiger partial charge in [-0.05, 0) is 19.1 Å². The Morgan fingerprint density at radius 3 is 2.10 bits per heavy atom. The zero-order valence-corrected chi connectivity index (χ0v) is 12.0. The van der Waals surface area contributed by atoms with Gasteiger partial charge < -0.3 is 5.53 Å². The highest BCUT2D eigenvalue weighted by Crippen LogP contribution is 2.14. The van der Waals surface area contributed by atoms with E-state index in [0.717, 1.165) is 5.56 Å². The fourth-order valence-electron chi connectivity index (χ4n) is 1.76. The van der Waals surface area contributed by atoms with Gasteiger partial charge in [-0.1, -0.05) is 48.0 Å². The highest BCUT2D eigenvalue weighted by atomic mass is 32.2. The van der Waals surface area contributed by atoms with E-state index < -0.39 is 20.7 Å². The Hall–Kier alpha value is -2.56. The molecule has 2 rings (SSSR count). The molecule has 0 spiro atoms. The Balaban J connectivity index is 2.48. The highest BCUT2D eigenvalue weighted by molar-refractivity contribution is 8.08. The summed E-state index contributed by atoms with van der Waals surface area (Å²) in [5.41, 5.74) is 10.1. The van der Waals surface area contributed by atoms with E-state index in [1.165, 1.54) is 36.4 Å². The standard InChI is InChI=1S/C15H12N2O3S/c1-11-7-9-12(10-8-11)14(18)15(17-16)21(19,20)13-5-3-2-4-6-13/h2-10H,1H3. The molecule has 0 heterocycles. The molecule has 0 radical (unpaired) electrons. The lowest BCUT2D eigenvalue weighted by molar-refractivity contribution is -0.00158. The molecule has 2 aromatic rings. The number of aryl methyl sites for hydroxylation is 1. The summed E-state index contributed by atoms with van der Waals surface area (Å²) in [6, 6.07) is 13.7. The summed E-state index contributed by atoms with van der Waals surface area (Å²) in [5, 5.41) is -0.891. The molecule has 5 nitrogen and oxygen atoms in total. The molecule has 0 atom stereocenters. The van der Waals surface area contributed by atoms with Crippen LogP contribution >= 0.6 is 0 Å². The Morgan fingerprint density at radius 2 is 1.57 bits per heavy atom. The second-order valence-corrected chi connectivity index (χ2v) is 6.28. The van der Waals surface area contributed by atoms with E-state index in [0.29, 0.717) is 0 Å². The summed E-state index contributed by atoms with van der Waals surface area (Å²) >= 11 is 0. The Bertz CT molecular complexity index is 819. The number of carbonyl (C=O) groups excluding carboxylic acids is 1. The number of hydrogen-bond donors (Lipinski definition) is 0. The predicted molar refractivity (Wildman–Crippen MR) is 77.8 cm³/mol. The molecule has 106 valence electrons. The van der Waals surface area contributed by atoms with Crippen LogP contribution in [0.1, 0.15) is 15.9 Å². The number of benzene rings is 2. The number of ketones is 1. The van der Waals surface area contributed by atoms with Crippen LogP contribution in [0.5, 0.6) is 0 Å². The third kappa shape index (κ3) is 2.97. The second-order valence-electron chi connectivity index (χ2n) is 4.42. The molecule has 0 unspecified atom stereocenters. The van der Waals surface area contributed by atoms with E-state index >= 15 is 0 Å². The summed E-state index contributed by atoms with van der Waals surface area (Å²) < 4.78 is 24.7. The number of hydrogen-bond acceptors (Lipinski definition) is 3. The average molecular weight is 300 g/mol. The smallest absolute Gasteiger partial charge is 0.360 e. The molecule has 0 saturated heterocycles. The molecule has 0 fully saturated rings. The lowest BCUT2D eigenvalue weighted by atomic mass is 10.1. The summed E-state index contributed by atoms with van der Waals surface area (Å²) in [6.45, 7) is 1.84. The van der Waals surface area contributed by atoms with Gasteiger partial charge in [0, 0.05) is 5.56 Å². The summed E-state index contributed by atoms with van der Waals surface area (Å²) in [4.78, 5) is 14.9. The molecule has 0 aliphatic carbocycles. The molecule has 0 amide bonds. The van der Waals surface area contributed by atoms with Gasteiger partial charge in [0.2, 0.25) is 0 Å². The van der Waals surface area contributed by atoms with Gasteiger partial charge >= 0.3 is 5.04 Å². The number of carbonyl (C=O) groups is 1. The quantitative estimate of drug-likeness (QED) is 0.286. The van der Waals surface area contributed by atoms with Gasteiger partial charge in [-0.3, -0.25) is 4.79 Å². The molecule has 2 aromatic carbocycles. The predicted octanol–water partition coefficient (Wildman–Crippen LogP) is 2.28. The van der Waals surface area contributed by atoms with Crippen LogP contribution in [0.2, 0.25) is 0 Å². The van der Waals surface area contributed by atoms with Gasteiger partial charge in [-0.15, -0.1) is 4.79 Å². The minimum atomic E-state index is -4.16. The molecule has 21 heavy (non-hydrogen) atoms. The Kier molecular flexibility index (Phi) is 4.12. The molecule has 0 aliphatic heterocycles. The van der Waals surface area contributed by atoms with Crippen molar-refractivity contribution in [3.63, 3.8) is 0 Å². The monoisotopic (exact) mass is 300 g/mol. The molecule has 0 saturated carbocycles. The van der Waals surface area contributed by atoms with E-state index in [9.17, 15) is 13.2 Å². The molecule has 0 aliphatic rings. The van der Waals surface area contributed by atoms with Crippen LogP contribution in [0.25, 0.3) is 5.53 Å². The van der Waals surface area contributed by atoms with Crippen molar-refractivity contribution in [3.05, 3.63) is 71.3 Å². The first-order chi connectivity index (χ1) is 9.96. The van der Waals surface area contributed by atoms with E-state index in [-0.39, 0.29) is 10.5 Å². The summed E-state index contributed by atoms with van der Waals surface area (Å²) in [5.74, 6) is -0.846. The normalized spacial score (nSPS) is 10.7.